The maximum Gasteiger partial charge on any atom is 0.154 e. The normalized spacial score (nSPS) is 28.7. The molecule has 1 atom stereocenters. The Morgan fingerprint density at radius 3 is 2.43 bits per heavy atom. The van der Waals surface area contributed by atoms with E-state index in [9.17, 15) is 0 Å². The van der Waals surface area contributed by atoms with E-state index < -0.39 is 6.29 Å². The SMILES string of the molecule is OC(O)CC1CO1. The van der Waals surface area contributed by atoms with E-state index in [2.05, 4.69) is 0 Å². The van der Waals surface area contributed by atoms with E-state index in [1.54, 1.807) is 0 Å². The minimum Gasteiger partial charge on any atom is -0.373 e. The van der Waals surface area contributed by atoms with Crippen molar-refractivity contribution in [3.8, 4) is 0 Å². The Hall–Kier alpha value is -0.120. The zero-order chi connectivity index (χ0) is 5.28. The monoisotopic (exact) mass is 104 g/mol. The van der Waals surface area contributed by atoms with E-state index >= 15 is 0 Å². The largest absolute Gasteiger partial charge is 0.373 e. The fourth-order valence-electron chi connectivity index (χ4n) is 0.439. The van der Waals surface area contributed by atoms with Crippen LogP contribution < -0.4 is 0 Å². The average Bonchev–Trinajstić information content (AvgIpc) is 2.17. The first-order chi connectivity index (χ1) is 3.29. The Kier molecular flexibility index (Phi) is 1.27. The fraction of sp³-hybridized carbons (Fsp3) is 1.00. The van der Waals surface area contributed by atoms with E-state index in [0.717, 1.165) is 0 Å². The smallest absolute Gasteiger partial charge is 0.154 e. The first-order valence-corrected chi connectivity index (χ1v) is 2.27. The van der Waals surface area contributed by atoms with Crippen LogP contribution in [0.15, 0.2) is 0 Å². The van der Waals surface area contributed by atoms with Gasteiger partial charge in [-0.25, -0.2) is 0 Å². The van der Waals surface area contributed by atoms with Crippen molar-refractivity contribution < 1.29 is 14.9 Å². The van der Waals surface area contributed by atoms with Gasteiger partial charge in [-0.05, 0) is 0 Å². The van der Waals surface area contributed by atoms with Gasteiger partial charge in [0.05, 0.1) is 12.7 Å². The molecule has 2 N–H and O–H groups in total. The molecule has 1 aliphatic rings. The summed E-state index contributed by atoms with van der Waals surface area (Å²) < 4.78 is 4.70. The summed E-state index contributed by atoms with van der Waals surface area (Å²) in [5.74, 6) is 0. The number of epoxide rings is 1. The lowest BCUT2D eigenvalue weighted by Gasteiger charge is -1.94. The van der Waals surface area contributed by atoms with E-state index in [-0.39, 0.29) is 6.10 Å². The molecule has 7 heavy (non-hydrogen) atoms. The topological polar surface area (TPSA) is 53.0 Å². The summed E-state index contributed by atoms with van der Waals surface area (Å²) >= 11 is 0. The molecule has 1 fully saturated rings. The molecule has 0 spiro atoms. The molecular formula is C4H8O3. The van der Waals surface area contributed by atoms with Crippen molar-refractivity contribution in [1.29, 1.82) is 0 Å². The zero-order valence-electron chi connectivity index (χ0n) is 3.87. The molecule has 1 aliphatic heterocycles. The van der Waals surface area contributed by atoms with Crippen molar-refractivity contribution in [3.63, 3.8) is 0 Å². The van der Waals surface area contributed by atoms with Crippen LogP contribution in [0.5, 0.6) is 0 Å². The number of rotatable bonds is 2. The Bertz CT molecular complexity index is 58.0. The van der Waals surface area contributed by atoms with Crippen LogP contribution in [0.3, 0.4) is 0 Å². The summed E-state index contributed by atoms with van der Waals surface area (Å²) in [5, 5.41) is 16.5. The molecule has 1 saturated heterocycles. The Balaban J connectivity index is 1.97. The predicted octanol–water partition coefficient (Wildman–Crippen LogP) is -0.914. The summed E-state index contributed by atoms with van der Waals surface area (Å²) in [6, 6.07) is 0. The lowest BCUT2D eigenvalue weighted by atomic mass is 10.3. The standard InChI is InChI=1S/C4H8O3/c5-4(6)1-3-2-7-3/h3-6H,1-2H2. The first kappa shape index (κ1) is 5.03. The highest BCUT2D eigenvalue weighted by molar-refractivity contribution is 4.68. The molecule has 0 aromatic rings. The Morgan fingerprint density at radius 2 is 2.29 bits per heavy atom. The highest BCUT2D eigenvalue weighted by Gasteiger charge is 2.24. The van der Waals surface area contributed by atoms with Crippen molar-refractivity contribution in [2.24, 2.45) is 0 Å². The van der Waals surface area contributed by atoms with Gasteiger partial charge in [-0.1, -0.05) is 0 Å². The summed E-state index contributed by atoms with van der Waals surface area (Å²) in [5.41, 5.74) is 0. The Labute approximate surface area is 41.5 Å². The van der Waals surface area contributed by atoms with Crippen molar-refractivity contribution in [3.05, 3.63) is 0 Å². The molecule has 3 nitrogen and oxygen atoms in total. The predicted molar refractivity (Wildman–Crippen MR) is 22.6 cm³/mol. The van der Waals surface area contributed by atoms with Crippen LogP contribution in [0.2, 0.25) is 0 Å². The van der Waals surface area contributed by atoms with Crippen LogP contribution in [0.4, 0.5) is 0 Å². The minimum atomic E-state index is -1.19. The fourth-order valence-corrected chi connectivity index (χ4v) is 0.439. The molecule has 0 radical (unpaired) electrons. The number of aliphatic hydroxyl groups is 2. The van der Waals surface area contributed by atoms with Crippen LogP contribution in [0.25, 0.3) is 0 Å². The third-order valence-electron chi connectivity index (χ3n) is 0.876. The van der Waals surface area contributed by atoms with Crippen molar-refractivity contribution >= 4 is 0 Å². The summed E-state index contributed by atoms with van der Waals surface area (Å²) in [4.78, 5) is 0. The summed E-state index contributed by atoms with van der Waals surface area (Å²) in [6.07, 6.45) is -0.701. The van der Waals surface area contributed by atoms with E-state index in [0.29, 0.717) is 13.0 Å². The minimum absolute atomic E-state index is 0.125. The van der Waals surface area contributed by atoms with Gasteiger partial charge < -0.3 is 14.9 Å². The van der Waals surface area contributed by atoms with Gasteiger partial charge >= 0.3 is 0 Å². The molecule has 42 valence electrons. The molecule has 0 aromatic carbocycles. The van der Waals surface area contributed by atoms with Gasteiger partial charge in [-0.2, -0.15) is 0 Å². The quantitative estimate of drug-likeness (QED) is 0.352. The van der Waals surface area contributed by atoms with Gasteiger partial charge in [0.2, 0.25) is 0 Å². The molecule has 0 saturated carbocycles. The molecule has 0 bridgehead atoms. The highest BCUT2D eigenvalue weighted by atomic mass is 16.6. The summed E-state index contributed by atoms with van der Waals surface area (Å²) in [6.45, 7) is 0.692. The summed E-state index contributed by atoms with van der Waals surface area (Å²) in [7, 11) is 0. The molecule has 3 heteroatoms. The molecule has 1 rings (SSSR count). The third kappa shape index (κ3) is 1.87. The molecular weight excluding hydrogens is 96.0 g/mol. The van der Waals surface area contributed by atoms with Crippen molar-refractivity contribution in [2.75, 3.05) is 6.61 Å². The molecule has 1 heterocycles. The Morgan fingerprint density at radius 1 is 1.71 bits per heavy atom. The third-order valence-corrected chi connectivity index (χ3v) is 0.876. The maximum absolute atomic E-state index is 8.24. The lowest BCUT2D eigenvalue weighted by molar-refractivity contribution is -0.0492. The van der Waals surface area contributed by atoms with Crippen molar-refractivity contribution in [2.45, 2.75) is 18.8 Å². The maximum atomic E-state index is 8.24. The lowest BCUT2D eigenvalue weighted by Crippen LogP contribution is -2.06. The van der Waals surface area contributed by atoms with Crippen LogP contribution in [0, 0.1) is 0 Å². The number of hydrogen-bond acceptors (Lipinski definition) is 3. The number of aliphatic hydroxyl groups excluding tert-OH is 1. The van der Waals surface area contributed by atoms with E-state index in [1.165, 1.54) is 0 Å². The molecule has 0 aliphatic carbocycles. The molecule has 0 amide bonds. The van der Waals surface area contributed by atoms with Gasteiger partial charge in [0.25, 0.3) is 0 Å². The van der Waals surface area contributed by atoms with E-state index in [1.807, 2.05) is 0 Å². The van der Waals surface area contributed by atoms with Crippen LogP contribution >= 0.6 is 0 Å². The van der Waals surface area contributed by atoms with Crippen LogP contribution in [0.1, 0.15) is 6.42 Å². The van der Waals surface area contributed by atoms with Crippen molar-refractivity contribution in [1.82, 2.24) is 0 Å². The molecule has 0 aromatic heterocycles. The second kappa shape index (κ2) is 1.78. The average molecular weight is 104 g/mol. The van der Waals surface area contributed by atoms with Crippen LogP contribution in [-0.4, -0.2) is 29.2 Å². The van der Waals surface area contributed by atoms with Gasteiger partial charge in [0, 0.05) is 6.42 Å². The first-order valence-electron chi connectivity index (χ1n) is 2.27. The highest BCUT2D eigenvalue weighted by Crippen LogP contribution is 2.13. The second-order valence-electron chi connectivity index (χ2n) is 1.67. The van der Waals surface area contributed by atoms with Gasteiger partial charge in [0.15, 0.2) is 6.29 Å². The number of ether oxygens (including phenoxy) is 1. The number of hydrogen-bond donors (Lipinski definition) is 2. The van der Waals surface area contributed by atoms with Gasteiger partial charge in [0.1, 0.15) is 0 Å². The van der Waals surface area contributed by atoms with Crippen LogP contribution in [-0.2, 0) is 4.74 Å². The molecule has 1 unspecified atom stereocenters. The van der Waals surface area contributed by atoms with E-state index in [4.69, 9.17) is 14.9 Å². The van der Waals surface area contributed by atoms with Gasteiger partial charge in [-0.3, -0.25) is 0 Å². The zero-order valence-corrected chi connectivity index (χ0v) is 3.87. The van der Waals surface area contributed by atoms with Gasteiger partial charge in [-0.15, -0.1) is 0 Å². The second-order valence-corrected chi connectivity index (χ2v) is 1.67.